The molecule has 0 bridgehead atoms. The fraction of sp³-hybridized carbons (Fsp3) is 0.643. The van der Waals surface area contributed by atoms with Crippen LogP contribution in [0.15, 0.2) is 18.3 Å². The third kappa shape index (κ3) is 3.35. The van der Waals surface area contributed by atoms with Crippen LogP contribution in [0.25, 0.3) is 0 Å². The van der Waals surface area contributed by atoms with Gasteiger partial charge in [-0.3, -0.25) is 0 Å². The van der Waals surface area contributed by atoms with Crippen molar-refractivity contribution in [1.82, 2.24) is 4.98 Å². The largest absolute Gasteiger partial charge is 0.372 e. The molecule has 0 spiro atoms. The lowest BCUT2D eigenvalue weighted by molar-refractivity contribution is -0.00521. The first-order valence-electron chi connectivity index (χ1n) is 6.79. The molecule has 0 aromatic carbocycles. The fourth-order valence-electron chi connectivity index (χ4n) is 2.35. The minimum Gasteiger partial charge on any atom is -0.372 e. The number of anilines is 2. The van der Waals surface area contributed by atoms with Crippen molar-refractivity contribution >= 4 is 11.5 Å². The summed E-state index contributed by atoms with van der Waals surface area (Å²) in [7, 11) is 0. The minimum absolute atomic E-state index is 0.286. The number of nitrogens with one attached hydrogen (secondary N) is 1. The van der Waals surface area contributed by atoms with Gasteiger partial charge in [-0.1, -0.05) is 6.92 Å². The number of pyridine rings is 1. The van der Waals surface area contributed by atoms with E-state index in [0.29, 0.717) is 0 Å². The molecular weight excluding hydrogens is 226 g/mol. The summed E-state index contributed by atoms with van der Waals surface area (Å²) < 4.78 is 5.76. The molecule has 0 amide bonds. The highest BCUT2D eigenvalue weighted by Crippen LogP contribution is 2.21. The smallest absolute Gasteiger partial charge is 0.127 e. The first kappa shape index (κ1) is 13.1. The van der Waals surface area contributed by atoms with E-state index in [2.05, 4.69) is 48.1 Å². The zero-order valence-corrected chi connectivity index (χ0v) is 11.5. The number of nitrogens with zero attached hydrogens (tertiary/aromatic N) is 2. The van der Waals surface area contributed by atoms with Gasteiger partial charge in [-0.05, 0) is 26.3 Å². The molecule has 0 radical (unpaired) electrons. The average Bonchev–Trinajstić information content (AvgIpc) is 2.35. The Hall–Kier alpha value is -1.29. The van der Waals surface area contributed by atoms with Crippen LogP contribution in [0.1, 0.15) is 27.2 Å². The molecule has 1 N–H and O–H groups in total. The van der Waals surface area contributed by atoms with E-state index in [1.807, 2.05) is 6.20 Å². The van der Waals surface area contributed by atoms with Gasteiger partial charge >= 0.3 is 0 Å². The Bertz CT molecular complexity index is 373. The summed E-state index contributed by atoms with van der Waals surface area (Å²) in [5, 5.41) is 3.33. The number of hydrogen-bond acceptors (Lipinski definition) is 4. The Balaban J connectivity index is 2.07. The van der Waals surface area contributed by atoms with Gasteiger partial charge < -0.3 is 15.0 Å². The topological polar surface area (TPSA) is 37.4 Å². The second kappa shape index (κ2) is 6.05. The van der Waals surface area contributed by atoms with Crippen LogP contribution in [-0.2, 0) is 4.74 Å². The van der Waals surface area contributed by atoms with E-state index < -0.39 is 0 Å². The van der Waals surface area contributed by atoms with Crippen molar-refractivity contribution in [3.05, 3.63) is 18.3 Å². The molecule has 4 heteroatoms. The molecule has 0 aliphatic carbocycles. The van der Waals surface area contributed by atoms with E-state index in [4.69, 9.17) is 4.74 Å². The summed E-state index contributed by atoms with van der Waals surface area (Å²) in [6.07, 6.45) is 3.55. The van der Waals surface area contributed by atoms with Gasteiger partial charge in [0, 0.05) is 37.6 Å². The van der Waals surface area contributed by atoms with Crippen molar-refractivity contribution in [2.24, 2.45) is 0 Å². The SMILES string of the molecule is CCCNc1cc(N2CC(C)OC(C)C2)ccn1. The van der Waals surface area contributed by atoms with Gasteiger partial charge in [0.25, 0.3) is 0 Å². The lowest BCUT2D eigenvalue weighted by Gasteiger charge is -2.36. The normalized spacial score (nSPS) is 24.1. The number of ether oxygens (including phenoxy) is 1. The van der Waals surface area contributed by atoms with Crippen LogP contribution in [0.5, 0.6) is 0 Å². The van der Waals surface area contributed by atoms with Gasteiger partial charge in [-0.15, -0.1) is 0 Å². The Morgan fingerprint density at radius 1 is 1.39 bits per heavy atom. The van der Waals surface area contributed by atoms with Crippen LogP contribution in [0.3, 0.4) is 0 Å². The van der Waals surface area contributed by atoms with Gasteiger partial charge in [0.2, 0.25) is 0 Å². The number of rotatable bonds is 4. The lowest BCUT2D eigenvalue weighted by Crippen LogP contribution is -2.45. The number of hydrogen-bond donors (Lipinski definition) is 1. The van der Waals surface area contributed by atoms with Crippen LogP contribution in [0.2, 0.25) is 0 Å². The van der Waals surface area contributed by atoms with Crippen LogP contribution in [0, 0.1) is 0 Å². The van der Waals surface area contributed by atoms with E-state index in [1.54, 1.807) is 0 Å². The third-order valence-corrected chi connectivity index (χ3v) is 3.08. The molecule has 0 saturated carbocycles. The molecule has 100 valence electrons. The van der Waals surface area contributed by atoms with Crippen LogP contribution in [0.4, 0.5) is 11.5 Å². The quantitative estimate of drug-likeness (QED) is 0.889. The van der Waals surface area contributed by atoms with E-state index >= 15 is 0 Å². The molecule has 2 unspecified atom stereocenters. The highest BCUT2D eigenvalue weighted by molar-refractivity contribution is 5.54. The van der Waals surface area contributed by atoms with Gasteiger partial charge in [-0.2, -0.15) is 0 Å². The van der Waals surface area contributed by atoms with E-state index in [1.165, 1.54) is 5.69 Å². The summed E-state index contributed by atoms with van der Waals surface area (Å²) in [4.78, 5) is 6.71. The highest BCUT2D eigenvalue weighted by Gasteiger charge is 2.22. The molecule has 18 heavy (non-hydrogen) atoms. The molecule has 1 saturated heterocycles. The minimum atomic E-state index is 0.286. The van der Waals surface area contributed by atoms with E-state index in [-0.39, 0.29) is 12.2 Å². The molecule has 2 heterocycles. The Morgan fingerprint density at radius 2 is 2.11 bits per heavy atom. The van der Waals surface area contributed by atoms with Crippen molar-refractivity contribution in [3.63, 3.8) is 0 Å². The zero-order valence-electron chi connectivity index (χ0n) is 11.5. The summed E-state index contributed by atoms with van der Waals surface area (Å²) >= 11 is 0. The summed E-state index contributed by atoms with van der Waals surface area (Å²) in [5.41, 5.74) is 1.23. The Labute approximate surface area is 109 Å². The van der Waals surface area contributed by atoms with E-state index in [9.17, 15) is 0 Å². The molecule has 1 aromatic heterocycles. The molecule has 4 nitrogen and oxygen atoms in total. The maximum Gasteiger partial charge on any atom is 0.127 e. The Kier molecular flexibility index (Phi) is 4.42. The second-order valence-electron chi connectivity index (χ2n) is 4.99. The standard InChI is InChI=1S/C14H23N3O/c1-4-6-15-14-8-13(5-7-16-14)17-9-11(2)18-12(3)10-17/h5,7-8,11-12H,4,6,9-10H2,1-3H3,(H,15,16). The highest BCUT2D eigenvalue weighted by atomic mass is 16.5. The van der Waals surface area contributed by atoms with Gasteiger partial charge in [0.05, 0.1) is 12.2 Å². The predicted molar refractivity (Wildman–Crippen MR) is 75.2 cm³/mol. The van der Waals surface area contributed by atoms with Crippen molar-refractivity contribution in [1.29, 1.82) is 0 Å². The summed E-state index contributed by atoms with van der Waals surface area (Å²) in [6, 6.07) is 4.20. The fourth-order valence-corrected chi connectivity index (χ4v) is 2.35. The maximum atomic E-state index is 5.76. The predicted octanol–water partition coefficient (Wildman–Crippen LogP) is 2.52. The molecule has 1 aliphatic heterocycles. The summed E-state index contributed by atoms with van der Waals surface area (Å²) in [5.74, 6) is 0.959. The van der Waals surface area contributed by atoms with Crippen molar-refractivity contribution < 1.29 is 4.74 Å². The van der Waals surface area contributed by atoms with Crippen molar-refractivity contribution in [2.75, 3.05) is 29.9 Å². The molecule has 1 fully saturated rings. The third-order valence-electron chi connectivity index (χ3n) is 3.08. The van der Waals surface area contributed by atoms with Gasteiger partial charge in [0.1, 0.15) is 5.82 Å². The second-order valence-corrected chi connectivity index (χ2v) is 4.99. The summed E-state index contributed by atoms with van der Waals surface area (Å²) in [6.45, 7) is 9.26. The molecule has 2 rings (SSSR count). The molecule has 1 aromatic rings. The zero-order chi connectivity index (χ0) is 13.0. The monoisotopic (exact) mass is 249 g/mol. The van der Waals surface area contributed by atoms with Crippen molar-refractivity contribution in [3.8, 4) is 0 Å². The number of morpholine rings is 1. The average molecular weight is 249 g/mol. The van der Waals surface area contributed by atoms with Crippen molar-refractivity contribution in [2.45, 2.75) is 39.4 Å². The first-order valence-corrected chi connectivity index (χ1v) is 6.79. The number of aromatic nitrogens is 1. The van der Waals surface area contributed by atoms with Gasteiger partial charge in [-0.25, -0.2) is 4.98 Å². The molecule has 2 atom stereocenters. The Morgan fingerprint density at radius 3 is 2.78 bits per heavy atom. The first-order chi connectivity index (χ1) is 8.69. The van der Waals surface area contributed by atoms with Crippen LogP contribution < -0.4 is 10.2 Å². The molecule has 1 aliphatic rings. The maximum absolute atomic E-state index is 5.76. The van der Waals surface area contributed by atoms with Gasteiger partial charge in [0.15, 0.2) is 0 Å². The molecular formula is C14H23N3O. The lowest BCUT2D eigenvalue weighted by atomic mass is 10.2. The van der Waals surface area contributed by atoms with Crippen LogP contribution >= 0.6 is 0 Å². The van der Waals surface area contributed by atoms with E-state index in [0.717, 1.165) is 31.9 Å². The van der Waals surface area contributed by atoms with Crippen LogP contribution in [-0.4, -0.2) is 36.8 Å².